The van der Waals surface area contributed by atoms with Crippen LogP contribution in [0.5, 0.6) is 0 Å². The molecule has 0 spiro atoms. The van der Waals surface area contributed by atoms with Crippen molar-refractivity contribution in [2.75, 3.05) is 4.90 Å². The van der Waals surface area contributed by atoms with E-state index in [4.69, 9.17) is 0 Å². The van der Waals surface area contributed by atoms with Crippen molar-refractivity contribution in [1.82, 2.24) is 4.57 Å². The molecule has 0 amide bonds. The van der Waals surface area contributed by atoms with Crippen LogP contribution in [-0.2, 0) is 6.42 Å². The predicted octanol–water partition coefficient (Wildman–Crippen LogP) is 13.3. The Labute approximate surface area is 316 Å². The second-order valence-electron chi connectivity index (χ2n) is 14.8. The highest BCUT2D eigenvalue weighted by Crippen LogP contribution is 2.49. The van der Waals surface area contributed by atoms with Gasteiger partial charge in [-0.15, -0.1) is 0 Å². The topological polar surface area (TPSA) is 8.17 Å². The average Bonchev–Trinajstić information content (AvgIpc) is 3.76. The lowest BCUT2D eigenvalue weighted by atomic mass is 9.86. The molecule has 2 atom stereocenters. The minimum absolute atomic E-state index is 0.236. The number of rotatable bonds is 5. The minimum atomic E-state index is 0.236. The van der Waals surface area contributed by atoms with Gasteiger partial charge in [-0.05, 0) is 117 Å². The Bertz CT molecular complexity index is 2810. The largest absolute Gasteiger partial charge is 0.333 e. The molecule has 0 saturated heterocycles. The highest BCUT2D eigenvalue weighted by atomic mass is 15.2. The fourth-order valence-corrected chi connectivity index (χ4v) is 9.15. The smallest absolute Gasteiger partial charge is 0.0630 e. The summed E-state index contributed by atoms with van der Waals surface area (Å²) >= 11 is 0. The number of benzene rings is 7. The molecule has 256 valence electrons. The van der Waals surface area contributed by atoms with Crippen LogP contribution in [0.1, 0.15) is 34.7 Å². The van der Waals surface area contributed by atoms with Gasteiger partial charge in [0.2, 0.25) is 0 Å². The summed E-state index contributed by atoms with van der Waals surface area (Å²) in [6.07, 6.45) is 14.1. The first-order valence-electron chi connectivity index (χ1n) is 19.1. The number of hydrogen-bond acceptors (Lipinski definition) is 1. The molecule has 1 unspecified atom stereocenters. The highest BCUT2D eigenvalue weighted by Gasteiger charge is 2.38. The van der Waals surface area contributed by atoms with Crippen molar-refractivity contribution in [2.24, 2.45) is 0 Å². The van der Waals surface area contributed by atoms with E-state index in [2.05, 4.69) is 204 Å². The first kappa shape index (κ1) is 30.9. The number of aryl methyl sites for hydroxylation is 1. The lowest BCUT2D eigenvalue weighted by Crippen LogP contribution is -2.28. The zero-order valence-corrected chi connectivity index (χ0v) is 29.9. The summed E-state index contributed by atoms with van der Waals surface area (Å²) in [5, 5.41) is 3.90. The Kier molecular flexibility index (Phi) is 7.16. The summed E-state index contributed by atoms with van der Waals surface area (Å²) in [6, 6.07) is 60.4. The van der Waals surface area contributed by atoms with E-state index in [0.29, 0.717) is 0 Å². The second kappa shape index (κ2) is 12.5. The van der Waals surface area contributed by atoms with Gasteiger partial charge in [0.15, 0.2) is 0 Å². The van der Waals surface area contributed by atoms with Crippen LogP contribution < -0.4 is 4.90 Å². The van der Waals surface area contributed by atoms with Crippen molar-refractivity contribution < 1.29 is 0 Å². The zero-order valence-electron chi connectivity index (χ0n) is 29.9. The van der Waals surface area contributed by atoms with Crippen LogP contribution in [-0.4, -0.2) is 10.6 Å². The molecule has 2 heteroatoms. The van der Waals surface area contributed by atoms with Crippen LogP contribution >= 0.6 is 0 Å². The number of allylic oxidation sites excluding steroid dienone is 3. The number of fused-ring (bicyclic) bond motifs is 7. The second-order valence-corrected chi connectivity index (χ2v) is 14.8. The van der Waals surface area contributed by atoms with Gasteiger partial charge >= 0.3 is 0 Å². The van der Waals surface area contributed by atoms with Gasteiger partial charge in [-0.1, -0.05) is 146 Å². The third-order valence-electron chi connectivity index (χ3n) is 11.8. The van der Waals surface area contributed by atoms with Gasteiger partial charge in [-0.3, -0.25) is 0 Å². The van der Waals surface area contributed by atoms with Crippen LogP contribution in [0.2, 0.25) is 0 Å². The molecule has 11 rings (SSSR count). The fraction of sp³-hybridized carbons (Fsp3) is 0.0769. The first-order valence-corrected chi connectivity index (χ1v) is 19.1. The maximum Gasteiger partial charge on any atom is 0.0630 e. The Morgan fingerprint density at radius 3 is 2.00 bits per heavy atom. The molecular formula is C52H38N2. The molecule has 0 N–H and O–H groups in total. The molecule has 0 bridgehead atoms. The standard InChI is InChI=1S/C52H38N2/c1-2-10-35(11-3-1)37-18-20-38(21-19-37)39-22-27-43(28-23-39)53-49-16-8-6-14-45(49)47-33-41(25-30-51(47)53)42-26-31-52-48(34-42)46-15-7-9-17-50(46)54(52)44-29-24-36-12-4-5-13-40(36)32-44/h1-5,7-13,15-34,48,52H,6,14H2/t48-,52?/m0/s1. The van der Waals surface area contributed by atoms with E-state index in [1.54, 1.807) is 0 Å². The number of aromatic nitrogens is 1. The van der Waals surface area contributed by atoms with Crippen molar-refractivity contribution in [3.63, 3.8) is 0 Å². The van der Waals surface area contributed by atoms with E-state index in [-0.39, 0.29) is 12.0 Å². The SMILES string of the molecule is C1=Cc2c(c3cc(C4=C[C@H]5c6ccccc6N(c6ccc7ccccc7c6)C5C=C4)ccc3n2-c2ccc(-c3ccc(-c4ccccc4)cc3)cc2)CC1. The lowest BCUT2D eigenvalue weighted by Gasteiger charge is -2.30. The number of nitrogens with zero attached hydrogens (tertiary/aromatic N) is 2. The summed E-state index contributed by atoms with van der Waals surface area (Å²) < 4.78 is 2.46. The molecular weight excluding hydrogens is 653 g/mol. The van der Waals surface area contributed by atoms with Crippen molar-refractivity contribution in [2.45, 2.75) is 24.8 Å². The van der Waals surface area contributed by atoms with Gasteiger partial charge in [0, 0.05) is 34.1 Å². The summed E-state index contributed by atoms with van der Waals surface area (Å²) in [5.41, 5.74) is 16.7. The summed E-state index contributed by atoms with van der Waals surface area (Å²) in [5.74, 6) is 0.276. The van der Waals surface area contributed by atoms with Gasteiger partial charge in [-0.2, -0.15) is 0 Å². The van der Waals surface area contributed by atoms with E-state index in [1.165, 1.54) is 88.9 Å². The maximum atomic E-state index is 2.53. The number of anilines is 2. The summed E-state index contributed by atoms with van der Waals surface area (Å²) in [6.45, 7) is 0. The molecule has 1 aliphatic heterocycles. The summed E-state index contributed by atoms with van der Waals surface area (Å²) in [4.78, 5) is 2.53. The first-order chi connectivity index (χ1) is 26.8. The van der Waals surface area contributed by atoms with Crippen molar-refractivity contribution >= 4 is 44.7 Å². The van der Waals surface area contributed by atoms with Gasteiger partial charge in [-0.25, -0.2) is 0 Å². The normalized spacial score (nSPS) is 17.0. The monoisotopic (exact) mass is 690 g/mol. The zero-order chi connectivity index (χ0) is 35.6. The van der Waals surface area contributed by atoms with Crippen LogP contribution in [0, 0.1) is 0 Å². The predicted molar refractivity (Wildman–Crippen MR) is 228 cm³/mol. The molecule has 1 aromatic heterocycles. The van der Waals surface area contributed by atoms with E-state index in [9.17, 15) is 0 Å². The Hall–Kier alpha value is -6.64. The number of hydrogen-bond donors (Lipinski definition) is 0. The molecule has 0 radical (unpaired) electrons. The minimum Gasteiger partial charge on any atom is -0.333 e. The summed E-state index contributed by atoms with van der Waals surface area (Å²) in [7, 11) is 0. The van der Waals surface area contributed by atoms with Crippen molar-refractivity contribution in [3.05, 3.63) is 210 Å². The molecule has 0 fully saturated rings. The molecule has 8 aromatic rings. The van der Waals surface area contributed by atoms with Crippen LogP contribution in [0.15, 0.2) is 188 Å². The van der Waals surface area contributed by atoms with E-state index in [1.807, 2.05) is 0 Å². The number of para-hydroxylation sites is 1. The Balaban J connectivity index is 0.933. The van der Waals surface area contributed by atoms with Gasteiger partial charge < -0.3 is 9.47 Å². The van der Waals surface area contributed by atoms with E-state index < -0.39 is 0 Å². The molecule has 3 aliphatic rings. The molecule has 7 aromatic carbocycles. The van der Waals surface area contributed by atoms with E-state index in [0.717, 1.165) is 12.8 Å². The van der Waals surface area contributed by atoms with E-state index >= 15 is 0 Å². The van der Waals surface area contributed by atoms with Crippen LogP contribution in [0.3, 0.4) is 0 Å². The van der Waals surface area contributed by atoms with Crippen molar-refractivity contribution in [1.29, 1.82) is 0 Å². The third kappa shape index (κ3) is 5.02. The van der Waals surface area contributed by atoms with Gasteiger partial charge in [0.1, 0.15) is 0 Å². The van der Waals surface area contributed by atoms with Gasteiger partial charge in [0.25, 0.3) is 0 Å². The molecule has 2 heterocycles. The molecule has 2 nitrogen and oxygen atoms in total. The Morgan fingerprint density at radius 2 is 1.19 bits per heavy atom. The fourth-order valence-electron chi connectivity index (χ4n) is 9.15. The third-order valence-corrected chi connectivity index (χ3v) is 11.8. The van der Waals surface area contributed by atoms with Gasteiger partial charge in [0.05, 0.1) is 11.6 Å². The van der Waals surface area contributed by atoms with Crippen LogP contribution in [0.4, 0.5) is 11.4 Å². The highest BCUT2D eigenvalue weighted by molar-refractivity contribution is 5.95. The van der Waals surface area contributed by atoms with Crippen LogP contribution in [0.25, 0.3) is 61.3 Å². The maximum absolute atomic E-state index is 2.53. The molecule has 54 heavy (non-hydrogen) atoms. The Morgan fingerprint density at radius 1 is 0.519 bits per heavy atom. The molecule has 2 aliphatic carbocycles. The lowest BCUT2D eigenvalue weighted by molar-refractivity contribution is 0.747. The van der Waals surface area contributed by atoms with Crippen molar-refractivity contribution in [3.8, 4) is 27.9 Å². The average molecular weight is 691 g/mol. The quantitative estimate of drug-likeness (QED) is 0.175. The molecule has 0 saturated carbocycles.